The fourth-order valence-corrected chi connectivity index (χ4v) is 11.9. The van der Waals surface area contributed by atoms with Crippen LogP contribution in [0, 0.1) is 11.8 Å². The second kappa shape index (κ2) is 35.1. The molecule has 512 valence electrons. The van der Waals surface area contributed by atoms with E-state index in [1.165, 1.54) is 33.8 Å². The minimum absolute atomic E-state index is 0.0408. The van der Waals surface area contributed by atoms with E-state index >= 15 is 0 Å². The maximum Gasteiger partial charge on any atom is 0.331 e. The van der Waals surface area contributed by atoms with Gasteiger partial charge in [0.1, 0.15) is 67.1 Å². The van der Waals surface area contributed by atoms with Gasteiger partial charge in [-0.2, -0.15) is 0 Å². The van der Waals surface area contributed by atoms with Gasteiger partial charge in [-0.25, -0.2) is 4.79 Å². The highest BCUT2D eigenvalue weighted by Gasteiger charge is 2.59. The van der Waals surface area contributed by atoms with Crippen LogP contribution in [0.3, 0.4) is 0 Å². The van der Waals surface area contributed by atoms with E-state index in [-0.39, 0.29) is 18.9 Å². The third kappa shape index (κ3) is 19.2. The molecule has 90 heavy (non-hydrogen) atoms. The first-order valence-corrected chi connectivity index (χ1v) is 32.8. The molecule has 0 aliphatic carbocycles. The summed E-state index contributed by atoms with van der Waals surface area (Å²) >= 11 is 0. The van der Waals surface area contributed by atoms with Crippen LogP contribution in [0.1, 0.15) is 171 Å². The fourth-order valence-electron chi connectivity index (χ4n) is 11.9. The number of hydrogen-bond acceptors (Lipinski definition) is 25. The van der Waals surface area contributed by atoms with Crippen molar-refractivity contribution in [2.75, 3.05) is 0 Å². The fraction of sp³-hybridized carbons (Fsp3) is 0.815. The predicted molar refractivity (Wildman–Crippen MR) is 318 cm³/mol. The average Bonchev–Trinajstić information content (AvgIpc) is 0.877. The molecule has 6 heterocycles. The first-order valence-electron chi connectivity index (χ1n) is 32.8. The lowest BCUT2D eigenvalue weighted by Gasteiger charge is -2.51. The Morgan fingerprint density at radius 2 is 1.04 bits per heavy atom. The molecule has 0 radical (unpaired) electrons. The molecule has 7 rings (SSSR count). The van der Waals surface area contributed by atoms with E-state index in [1.54, 1.807) is 65.0 Å². The number of hydrogen-bond donors (Lipinski definition) is 7. The molecule has 0 spiro atoms. The Morgan fingerprint density at radius 3 is 1.71 bits per heavy atom. The molecule has 6 saturated heterocycles. The third-order valence-electron chi connectivity index (χ3n) is 18.1. The quantitative estimate of drug-likeness (QED) is 0.0426. The van der Waals surface area contributed by atoms with Gasteiger partial charge in [-0.3, -0.25) is 14.4 Å². The molecular formula is C65H102O25. The van der Waals surface area contributed by atoms with Crippen LogP contribution in [0.2, 0.25) is 0 Å². The molecule has 0 amide bonds. The third-order valence-corrected chi connectivity index (χ3v) is 18.1. The van der Waals surface area contributed by atoms with Gasteiger partial charge in [0.2, 0.25) is 0 Å². The van der Waals surface area contributed by atoms with Gasteiger partial charge in [-0.1, -0.05) is 123 Å². The van der Waals surface area contributed by atoms with Crippen molar-refractivity contribution in [1.29, 1.82) is 0 Å². The Balaban J connectivity index is 1.24. The second-order valence-electron chi connectivity index (χ2n) is 25.2. The maximum atomic E-state index is 14.3. The van der Waals surface area contributed by atoms with E-state index in [0.29, 0.717) is 31.2 Å². The van der Waals surface area contributed by atoms with Gasteiger partial charge in [0.25, 0.3) is 0 Å². The summed E-state index contributed by atoms with van der Waals surface area (Å²) in [5.74, 6) is -4.47. The summed E-state index contributed by atoms with van der Waals surface area (Å²) in [6.07, 6.45) is -25.8. The zero-order chi connectivity index (χ0) is 65.5. The van der Waals surface area contributed by atoms with Crippen molar-refractivity contribution in [3.05, 3.63) is 42.0 Å². The second-order valence-corrected chi connectivity index (χ2v) is 25.2. The zero-order valence-electron chi connectivity index (χ0n) is 53.8. The van der Waals surface area contributed by atoms with E-state index in [1.807, 2.05) is 0 Å². The van der Waals surface area contributed by atoms with Gasteiger partial charge in [-0.05, 0) is 78.4 Å². The molecule has 1 aromatic carbocycles. The van der Waals surface area contributed by atoms with E-state index in [9.17, 15) is 54.9 Å². The first kappa shape index (κ1) is 73.6. The van der Waals surface area contributed by atoms with Crippen molar-refractivity contribution in [3.8, 4) is 0 Å². The highest BCUT2D eigenvalue weighted by molar-refractivity contribution is 5.87. The molecule has 0 saturated carbocycles. The van der Waals surface area contributed by atoms with E-state index in [0.717, 1.165) is 63.9 Å². The molecular weight excluding hydrogens is 1180 g/mol. The molecule has 1 aromatic rings. The van der Waals surface area contributed by atoms with Crippen LogP contribution < -0.4 is 0 Å². The van der Waals surface area contributed by atoms with Crippen molar-refractivity contribution >= 4 is 30.0 Å². The Morgan fingerprint density at radius 1 is 0.511 bits per heavy atom. The molecule has 7 N–H and O–H groups in total. The van der Waals surface area contributed by atoms with Crippen molar-refractivity contribution in [2.45, 2.75) is 325 Å². The van der Waals surface area contributed by atoms with E-state index < -0.39 is 189 Å². The summed E-state index contributed by atoms with van der Waals surface area (Å²) in [4.78, 5) is 55.2. The molecule has 6 fully saturated rings. The Bertz CT molecular complexity index is 2380. The summed E-state index contributed by atoms with van der Waals surface area (Å²) in [6.45, 7) is 16.4. The van der Waals surface area contributed by atoms with Crippen molar-refractivity contribution < 1.29 is 121 Å². The number of fused-ring (bicyclic) bond motifs is 2. The van der Waals surface area contributed by atoms with Gasteiger partial charge in [-0.15, -0.1) is 0 Å². The average molecular weight is 1280 g/mol. The molecule has 25 heteroatoms. The number of aliphatic hydroxyl groups excluding tert-OH is 7. The van der Waals surface area contributed by atoms with Crippen molar-refractivity contribution in [2.24, 2.45) is 11.8 Å². The number of unbranched alkanes of at least 4 members (excludes halogenated alkanes) is 2. The van der Waals surface area contributed by atoms with Crippen LogP contribution in [0.4, 0.5) is 0 Å². The van der Waals surface area contributed by atoms with Crippen LogP contribution in [-0.2, 0) is 85.5 Å². The molecule has 28 atom stereocenters. The lowest BCUT2D eigenvalue weighted by Crippen LogP contribution is -2.68. The molecule has 0 bridgehead atoms. The lowest BCUT2D eigenvalue weighted by atomic mass is 9.95. The van der Waals surface area contributed by atoms with Gasteiger partial charge < -0.3 is 102 Å². The summed E-state index contributed by atoms with van der Waals surface area (Å²) in [7, 11) is 0. The van der Waals surface area contributed by atoms with Crippen LogP contribution in [0.5, 0.6) is 0 Å². The standard InChI is InChI=1S/C65H102O25/c1-11-14-21-28-41-29-24-18-16-15-17-19-25-30-42(66)84-56-49(73)51(37(8)80-64(56)89-55-47(71)45(69)36(7)78-63(55)82-41)87-65-58(86-60(76)34(5)13-3)57(90-61-48(72)46(70)44(68)35(6)77-61)53(39(10)81-65)88-62-50(74)54(52(38(9)79-62)85-59(75)33(4)12-2)83-43(67)32-31-40-26-22-20-23-27-40/h20,22-23,26-27,31-39,41,44-58,61-65,68-74H,11-19,21,24-25,28-30H2,1-10H3. The SMILES string of the molecule is CCCCCC1CCCCCCCCCC(=O)OC2C(OC(C)C(OC3OC(C)C(OC4OC(C)C(OC(=O)C(C)CC)C(OC(=O)C=Cc5ccccc5)C4O)C(OC4OC(C)C(O)C(O)C4O)C3OC(=O)C(C)CC)C2O)OC2C(O1)OC(C)C(O)C2O. The monoisotopic (exact) mass is 1280 g/mol. The number of carbonyl (C=O) groups excluding carboxylic acids is 4. The molecule has 6 aliphatic heterocycles. The Hall–Kier alpha value is -3.84. The smallest absolute Gasteiger partial charge is 0.331 e. The molecule has 28 unspecified atom stereocenters. The summed E-state index contributed by atoms with van der Waals surface area (Å²) in [5.41, 5.74) is 0.661. The van der Waals surface area contributed by atoms with Crippen LogP contribution in [-0.4, -0.2) is 219 Å². The number of rotatable bonds is 19. The van der Waals surface area contributed by atoms with Crippen molar-refractivity contribution in [3.63, 3.8) is 0 Å². The van der Waals surface area contributed by atoms with E-state index in [4.69, 9.17) is 66.3 Å². The van der Waals surface area contributed by atoms with E-state index in [2.05, 4.69) is 6.92 Å². The lowest BCUT2D eigenvalue weighted by molar-refractivity contribution is -0.399. The van der Waals surface area contributed by atoms with Crippen LogP contribution in [0.15, 0.2) is 36.4 Å². The number of benzene rings is 1. The highest BCUT2D eigenvalue weighted by Crippen LogP contribution is 2.40. The van der Waals surface area contributed by atoms with Gasteiger partial charge in [0.15, 0.2) is 55.9 Å². The number of aliphatic hydroxyl groups is 7. The largest absolute Gasteiger partial charge is 0.455 e. The van der Waals surface area contributed by atoms with Gasteiger partial charge in [0.05, 0.1) is 48.5 Å². The normalized spacial score (nSPS) is 41.0. The zero-order valence-corrected chi connectivity index (χ0v) is 53.8. The number of esters is 4. The summed E-state index contributed by atoms with van der Waals surface area (Å²) < 4.78 is 88.9. The van der Waals surface area contributed by atoms with Crippen molar-refractivity contribution in [1.82, 2.24) is 0 Å². The Labute approximate surface area is 528 Å². The summed E-state index contributed by atoms with van der Waals surface area (Å²) in [6, 6.07) is 8.86. The van der Waals surface area contributed by atoms with Crippen LogP contribution >= 0.6 is 0 Å². The minimum Gasteiger partial charge on any atom is -0.455 e. The number of carbonyl (C=O) groups is 4. The van der Waals surface area contributed by atoms with Gasteiger partial charge in [0, 0.05) is 12.5 Å². The topological polar surface area (TPSA) is 339 Å². The van der Waals surface area contributed by atoms with Crippen LogP contribution in [0.25, 0.3) is 6.08 Å². The molecule has 6 aliphatic rings. The number of ether oxygens (including phenoxy) is 14. The predicted octanol–water partition coefficient (Wildman–Crippen LogP) is 4.72. The molecule has 0 aromatic heterocycles. The first-order chi connectivity index (χ1) is 43.0. The molecule has 25 nitrogen and oxygen atoms in total. The minimum atomic E-state index is -1.95. The maximum absolute atomic E-state index is 14.3. The summed E-state index contributed by atoms with van der Waals surface area (Å²) in [5, 5.41) is 81.4. The van der Waals surface area contributed by atoms with Gasteiger partial charge >= 0.3 is 23.9 Å². The Kier molecular flexibility index (Phi) is 28.7. The highest BCUT2D eigenvalue weighted by atomic mass is 16.8.